The highest BCUT2D eigenvalue weighted by atomic mass is 19.1. The zero-order valence-corrected chi connectivity index (χ0v) is 24.3. The number of alkyl halides is 1. The molecule has 1 atom stereocenters. The van der Waals surface area contributed by atoms with E-state index in [1.165, 1.54) is 0 Å². The molecule has 1 unspecified atom stereocenters. The number of aromatic carboxylic acids is 1. The highest BCUT2D eigenvalue weighted by molar-refractivity contribution is 5.92. The Labute approximate surface area is 253 Å². The molecule has 228 valence electrons. The van der Waals surface area contributed by atoms with E-state index in [9.17, 15) is 14.3 Å². The number of piperidine rings is 1. The van der Waals surface area contributed by atoms with Gasteiger partial charge < -0.3 is 19.1 Å². The molecule has 11 nitrogen and oxygen atoms in total. The summed E-state index contributed by atoms with van der Waals surface area (Å²) in [5, 5.41) is 13.7. The number of carboxylic acids is 1. The van der Waals surface area contributed by atoms with Crippen molar-refractivity contribution in [3.63, 3.8) is 0 Å². The van der Waals surface area contributed by atoms with E-state index < -0.39 is 12.6 Å². The Kier molecular flexibility index (Phi) is 7.92. The van der Waals surface area contributed by atoms with E-state index in [-0.39, 0.29) is 18.2 Å². The van der Waals surface area contributed by atoms with Crippen LogP contribution >= 0.6 is 0 Å². The maximum Gasteiger partial charge on any atom is 0.335 e. The van der Waals surface area contributed by atoms with Gasteiger partial charge >= 0.3 is 5.97 Å². The van der Waals surface area contributed by atoms with E-state index in [2.05, 4.69) is 25.6 Å². The van der Waals surface area contributed by atoms with Crippen molar-refractivity contribution in [3.05, 3.63) is 77.5 Å². The summed E-state index contributed by atoms with van der Waals surface area (Å²) in [6, 6.07) is 13.0. The number of hydrogen-bond acceptors (Lipinski definition) is 8. The monoisotopic (exact) mass is 599 g/mol. The number of benzene rings is 1. The molecule has 2 aliphatic rings. The molecule has 0 bridgehead atoms. The number of rotatable bonds is 11. The van der Waals surface area contributed by atoms with E-state index in [0.29, 0.717) is 31.5 Å². The Hall–Kier alpha value is -4.42. The van der Waals surface area contributed by atoms with Gasteiger partial charge in [0.05, 0.1) is 54.0 Å². The van der Waals surface area contributed by atoms with Crippen LogP contribution in [-0.4, -0.2) is 77.8 Å². The van der Waals surface area contributed by atoms with Crippen LogP contribution in [-0.2, 0) is 31.0 Å². The molecule has 0 amide bonds. The molecular weight excluding hydrogens is 565 g/mol. The van der Waals surface area contributed by atoms with Crippen LogP contribution < -0.4 is 4.74 Å². The van der Waals surface area contributed by atoms with E-state index >= 15 is 0 Å². The molecule has 0 radical (unpaired) electrons. The summed E-state index contributed by atoms with van der Waals surface area (Å²) in [7, 11) is 0. The Balaban J connectivity index is 0.993. The fourth-order valence-electron chi connectivity index (χ4n) is 6.08. The summed E-state index contributed by atoms with van der Waals surface area (Å²) >= 11 is 0. The molecule has 0 aliphatic carbocycles. The minimum atomic E-state index is -0.942. The van der Waals surface area contributed by atoms with Gasteiger partial charge in [0.1, 0.15) is 24.6 Å². The lowest BCUT2D eigenvalue weighted by Crippen LogP contribution is -2.35. The average molecular weight is 600 g/mol. The van der Waals surface area contributed by atoms with Crippen LogP contribution in [0.1, 0.15) is 52.6 Å². The van der Waals surface area contributed by atoms with Crippen molar-refractivity contribution in [1.82, 2.24) is 34.2 Å². The molecule has 4 aromatic heterocycles. The Bertz CT molecular complexity index is 1790. The van der Waals surface area contributed by atoms with Crippen molar-refractivity contribution >= 4 is 28.0 Å². The predicted octanol–water partition coefficient (Wildman–Crippen LogP) is 4.59. The fourth-order valence-corrected chi connectivity index (χ4v) is 6.08. The lowest BCUT2D eigenvalue weighted by molar-refractivity contribution is -0.0592. The van der Waals surface area contributed by atoms with Gasteiger partial charge in [-0.1, -0.05) is 6.07 Å². The topological polar surface area (TPSA) is 120 Å². The lowest BCUT2D eigenvalue weighted by atomic mass is 9.93. The largest absolute Gasteiger partial charge is 0.478 e. The van der Waals surface area contributed by atoms with Gasteiger partial charge in [-0.3, -0.25) is 14.6 Å². The Morgan fingerprint density at radius 1 is 1.05 bits per heavy atom. The number of pyridine rings is 2. The molecule has 1 N–H and O–H groups in total. The third-order valence-electron chi connectivity index (χ3n) is 8.60. The third kappa shape index (κ3) is 5.87. The molecule has 5 aromatic rings. The van der Waals surface area contributed by atoms with Crippen LogP contribution in [0.5, 0.6) is 5.88 Å². The number of imidazole rings is 1. The van der Waals surface area contributed by atoms with Gasteiger partial charge in [0, 0.05) is 36.0 Å². The molecule has 2 aliphatic heterocycles. The second-order valence-electron chi connectivity index (χ2n) is 11.5. The number of carboxylic acid groups (broad SMARTS) is 1. The summed E-state index contributed by atoms with van der Waals surface area (Å²) in [6.45, 7) is 3.95. The molecule has 0 saturated carbocycles. The Morgan fingerprint density at radius 2 is 1.91 bits per heavy atom. The van der Waals surface area contributed by atoms with Gasteiger partial charge in [-0.15, -0.1) is 0 Å². The zero-order valence-electron chi connectivity index (χ0n) is 24.3. The maximum absolute atomic E-state index is 12.9. The molecule has 12 heteroatoms. The van der Waals surface area contributed by atoms with E-state index in [1.54, 1.807) is 35.3 Å². The SMILES string of the molecule is O=C(O)c1ccc2nc(CN3CCC(c4cccc(OCc5cnc6cnn(CCF)c6c5)n4)CC3)n(CC3CCO3)c2c1. The summed E-state index contributed by atoms with van der Waals surface area (Å²) in [4.78, 5) is 28.2. The van der Waals surface area contributed by atoms with Crippen molar-refractivity contribution in [1.29, 1.82) is 0 Å². The standard InChI is InChI=1S/C32H34FN7O4/c33-9-12-40-29-14-21(16-34-27(29)17-35-40)20-44-31-3-1-2-25(37-31)22-6-10-38(11-7-22)19-30-36-26-5-4-23(32(41)42)15-28(26)39(30)18-24-8-13-43-24/h1-5,14-17,22,24H,6-13,18-20H2,(H,41,42). The fraction of sp³-hybridized carbons (Fsp3) is 0.406. The maximum atomic E-state index is 12.9. The molecule has 7 rings (SSSR count). The van der Waals surface area contributed by atoms with Gasteiger partial charge in [-0.05, 0) is 62.7 Å². The van der Waals surface area contributed by atoms with Gasteiger partial charge in [-0.25, -0.2) is 19.2 Å². The van der Waals surface area contributed by atoms with E-state index in [4.69, 9.17) is 19.4 Å². The molecule has 2 saturated heterocycles. The van der Waals surface area contributed by atoms with Crippen LogP contribution in [0.25, 0.3) is 22.1 Å². The Morgan fingerprint density at radius 3 is 2.68 bits per heavy atom. The van der Waals surface area contributed by atoms with Crippen molar-refractivity contribution in [2.24, 2.45) is 0 Å². The van der Waals surface area contributed by atoms with Gasteiger partial charge in [0.15, 0.2) is 0 Å². The highest BCUT2D eigenvalue weighted by Crippen LogP contribution is 2.30. The van der Waals surface area contributed by atoms with Crippen LogP contribution in [0.15, 0.2) is 54.9 Å². The molecule has 1 aromatic carbocycles. The quantitative estimate of drug-likeness (QED) is 0.232. The number of aryl methyl sites for hydroxylation is 1. The summed E-state index contributed by atoms with van der Waals surface area (Å²) < 4.78 is 28.4. The second kappa shape index (κ2) is 12.3. The molecule has 44 heavy (non-hydrogen) atoms. The minimum absolute atomic E-state index is 0.134. The average Bonchev–Trinajstić information content (AvgIpc) is 3.58. The zero-order chi connectivity index (χ0) is 30.0. The molecule has 0 spiro atoms. The normalized spacial score (nSPS) is 17.7. The number of fused-ring (bicyclic) bond motifs is 2. The summed E-state index contributed by atoms with van der Waals surface area (Å²) in [5.74, 6) is 0.881. The number of ether oxygens (including phenoxy) is 2. The number of halogens is 1. The van der Waals surface area contributed by atoms with E-state index in [1.807, 2.05) is 18.2 Å². The second-order valence-corrected chi connectivity index (χ2v) is 11.5. The first-order valence-corrected chi connectivity index (χ1v) is 15.1. The van der Waals surface area contributed by atoms with Gasteiger partial charge in [-0.2, -0.15) is 5.10 Å². The lowest BCUT2D eigenvalue weighted by Gasteiger charge is -2.32. The van der Waals surface area contributed by atoms with Crippen LogP contribution in [0.2, 0.25) is 0 Å². The minimum Gasteiger partial charge on any atom is -0.478 e. The van der Waals surface area contributed by atoms with E-state index in [0.717, 1.165) is 78.1 Å². The number of carbonyl (C=O) groups is 1. The van der Waals surface area contributed by atoms with Crippen LogP contribution in [0, 0.1) is 0 Å². The molecular formula is C32H34FN7O4. The molecule has 2 fully saturated rings. The molecule has 6 heterocycles. The number of aromatic nitrogens is 6. The first-order chi connectivity index (χ1) is 21.5. The number of nitrogens with zero attached hydrogens (tertiary/aromatic N) is 7. The van der Waals surface area contributed by atoms with Crippen molar-refractivity contribution < 1.29 is 23.8 Å². The summed E-state index contributed by atoms with van der Waals surface area (Å²) in [6.07, 6.45) is 6.45. The number of likely N-dealkylation sites (tertiary alicyclic amines) is 1. The highest BCUT2D eigenvalue weighted by Gasteiger charge is 2.26. The van der Waals surface area contributed by atoms with Gasteiger partial charge in [0.2, 0.25) is 5.88 Å². The van der Waals surface area contributed by atoms with Crippen LogP contribution in [0.3, 0.4) is 0 Å². The van der Waals surface area contributed by atoms with Crippen molar-refractivity contribution in [2.75, 3.05) is 26.4 Å². The predicted molar refractivity (Wildman–Crippen MR) is 160 cm³/mol. The number of hydrogen-bond donors (Lipinski definition) is 1. The van der Waals surface area contributed by atoms with Crippen LogP contribution in [0.4, 0.5) is 4.39 Å². The van der Waals surface area contributed by atoms with Crippen molar-refractivity contribution in [2.45, 2.75) is 57.5 Å². The summed E-state index contributed by atoms with van der Waals surface area (Å²) in [5.41, 5.74) is 5.31. The first-order valence-electron chi connectivity index (χ1n) is 15.1. The first kappa shape index (κ1) is 28.4. The van der Waals surface area contributed by atoms with Crippen molar-refractivity contribution in [3.8, 4) is 5.88 Å². The van der Waals surface area contributed by atoms with Gasteiger partial charge in [0.25, 0.3) is 0 Å². The third-order valence-corrected chi connectivity index (χ3v) is 8.60. The smallest absolute Gasteiger partial charge is 0.335 e.